The number of nitriles is 1. The molecule has 2 saturated heterocycles. The van der Waals surface area contributed by atoms with Crippen LogP contribution in [0.4, 0.5) is 11.5 Å². The Morgan fingerprint density at radius 3 is 1.92 bits per heavy atom. The Labute approximate surface area is 302 Å². The van der Waals surface area contributed by atoms with Gasteiger partial charge in [-0.1, -0.05) is 60.8 Å². The number of nitrogens with one attached hydrogen (secondary N) is 1. The van der Waals surface area contributed by atoms with Gasteiger partial charge in [0.05, 0.1) is 17.4 Å². The number of amides is 1. The molecule has 2 aromatic rings. The Kier molecular flexibility index (Phi) is 12.8. The quantitative estimate of drug-likeness (QED) is 0.291. The van der Waals surface area contributed by atoms with E-state index in [0.29, 0.717) is 22.1 Å². The second kappa shape index (κ2) is 16.9. The van der Waals surface area contributed by atoms with Crippen LogP contribution >= 0.6 is 0 Å². The third-order valence-electron chi connectivity index (χ3n) is 13.6. The summed E-state index contributed by atoms with van der Waals surface area (Å²) in [6.07, 6.45) is 14.3. The average molecular weight is 685 g/mol. The zero-order valence-electron chi connectivity index (χ0n) is 32.1. The maximum absolute atomic E-state index is 11.6. The molecule has 2 atom stereocenters. The highest BCUT2D eigenvalue weighted by Crippen LogP contribution is 2.48. The number of carbonyl (C=O) groups excluding carboxylic acids is 1. The lowest BCUT2D eigenvalue weighted by Gasteiger charge is -2.52. The van der Waals surface area contributed by atoms with Gasteiger partial charge in [-0.15, -0.1) is 0 Å². The summed E-state index contributed by atoms with van der Waals surface area (Å²) >= 11 is 0. The Balaban J connectivity index is 0.000000195. The Morgan fingerprint density at radius 1 is 0.780 bits per heavy atom. The second-order valence-electron chi connectivity index (χ2n) is 16.2. The van der Waals surface area contributed by atoms with Crippen molar-refractivity contribution in [2.45, 2.75) is 105 Å². The van der Waals surface area contributed by atoms with Crippen LogP contribution in [0.2, 0.25) is 0 Å². The van der Waals surface area contributed by atoms with Gasteiger partial charge in [0, 0.05) is 77.7 Å². The molecule has 1 amide bonds. The summed E-state index contributed by atoms with van der Waals surface area (Å²) in [5.41, 5.74) is 3.26. The highest BCUT2D eigenvalue weighted by atomic mass is 16.1. The summed E-state index contributed by atoms with van der Waals surface area (Å²) in [6, 6.07) is 11.4. The van der Waals surface area contributed by atoms with Gasteiger partial charge in [0.15, 0.2) is 0 Å². The summed E-state index contributed by atoms with van der Waals surface area (Å²) in [7, 11) is 1.63. The largest absolute Gasteiger partial charge is 0.368 e. The topological polar surface area (TPSA) is 91.6 Å². The molecule has 4 heterocycles. The fourth-order valence-electron chi connectivity index (χ4n) is 8.71. The van der Waals surface area contributed by atoms with Gasteiger partial charge in [-0.2, -0.15) is 5.26 Å². The minimum Gasteiger partial charge on any atom is -0.368 e. The molecule has 2 unspecified atom stereocenters. The maximum atomic E-state index is 11.6. The molecule has 2 aliphatic heterocycles. The second-order valence-corrected chi connectivity index (χ2v) is 16.2. The van der Waals surface area contributed by atoms with Crippen LogP contribution in [-0.4, -0.2) is 97.2 Å². The van der Waals surface area contributed by atoms with Crippen molar-refractivity contribution in [2.24, 2.45) is 22.7 Å². The van der Waals surface area contributed by atoms with Crippen LogP contribution in [-0.2, 0) is 0 Å². The number of piperazine rings is 2. The first kappa shape index (κ1) is 38.0. The summed E-state index contributed by atoms with van der Waals surface area (Å²) in [6.45, 7) is 23.1. The van der Waals surface area contributed by atoms with Crippen molar-refractivity contribution in [1.29, 1.82) is 5.26 Å². The number of hydrogen-bond acceptors (Lipinski definition) is 8. The normalized spacial score (nSPS) is 24.9. The van der Waals surface area contributed by atoms with Gasteiger partial charge in [-0.3, -0.25) is 14.6 Å². The van der Waals surface area contributed by atoms with Gasteiger partial charge in [-0.25, -0.2) is 9.97 Å². The van der Waals surface area contributed by atoms with Crippen LogP contribution in [0.15, 0.2) is 36.7 Å². The molecule has 2 saturated carbocycles. The van der Waals surface area contributed by atoms with Crippen molar-refractivity contribution in [3.63, 3.8) is 0 Å². The lowest BCUT2D eigenvalue weighted by atomic mass is 9.61. The molecule has 50 heavy (non-hydrogen) atoms. The molecule has 274 valence electrons. The predicted molar refractivity (Wildman–Crippen MR) is 205 cm³/mol. The molecule has 1 N–H and O–H groups in total. The van der Waals surface area contributed by atoms with Gasteiger partial charge >= 0.3 is 0 Å². The predicted octanol–water partition coefficient (Wildman–Crippen LogP) is 6.85. The Morgan fingerprint density at radius 2 is 1.40 bits per heavy atom. The molecule has 0 bridgehead atoms. The van der Waals surface area contributed by atoms with Crippen LogP contribution < -0.4 is 15.1 Å². The molecule has 4 fully saturated rings. The highest BCUT2D eigenvalue weighted by molar-refractivity contribution is 5.92. The monoisotopic (exact) mass is 685 g/mol. The van der Waals surface area contributed by atoms with Gasteiger partial charge in [0.25, 0.3) is 5.91 Å². The van der Waals surface area contributed by atoms with Gasteiger partial charge in [0.1, 0.15) is 17.6 Å². The summed E-state index contributed by atoms with van der Waals surface area (Å²) in [5.74, 6) is 2.66. The van der Waals surface area contributed by atoms with E-state index in [9.17, 15) is 4.79 Å². The number of nitrogens with zero attached hydrogens (tertiary/aromatic N) is 7. The molecule has 2 aromatic heterocycles. The van der Waals surface area contributed by atoms with Gasteiger partial charge in [0.2, 0.25) is 0 Å². The van der Waals surface area contributed by atoms with Crippen molar-refractivity contribution in [2.75, 3.05) is 69.2 Å². The van der Waals surface area contributed by atoms with Crippen LogP contribution in [0, 0.1) is 34.0 Å². The van der Waals surface area contributed by atoms with E-state index in [1.807, 2.05) is 30.5 Å². The Hall–Kier alpha value is -3.22. The first-order valence-corrected chi connectivity index (χ1v) is 19.6. The molecule has 0 spiro atoms. The van der Waals surface area contributed by atoms with Crippen molar-refractivity contribution < 1.29 is 4.79 Å². The summed E-state index contributed by atoms with van der Waals surface area (Å²) in [4.78, 5) is 30.5. The zero-order chi connectivity index (χ0) is 35.9. The fraction of sp³-hybridized carbons (Fsp3) is 0.707. The van der Waals surface area contributed by atoms with Crippen LogP contribution in [0.5, 0.6) is 0 Å². The number of carbonyl (C=O) groups is 1. The molecule has 9 nitrogen and oxygen atoms in total. The molecule has 9 heteroatoms. The molecule has 0 aromatic carbocycles. The number of aromatic nitrogens is 2. The lowest BCUT2D eigenvalue weighted by molar-refractivity contribution is -0.00161. The third kappa shape index (κ3) is 8.80. The van der Waals surface area contributed by atoms with Crippen molar-refractivity contribution in [3.8, 4) is 6.07 Å². The van der Waals surface area contributed by atoms with E-state index >= 15 is 0 Å². The van der Waals surface area contributed by atoms with E-state index < -0.39 is 0 Å². The fourth-order valence-corrected chi connectivity index (χ4v) is 8.71. The molecular weight excluding hydrogens is 621 g/mol. The number of pyridine rings is 2. The van der Waals surface area contributed by atoms with Crippen LogP contribution in [0.3, 0.4) is 0 Å². The Bertz CT molecular complexity index is 1390. The van der Waals surface area contributed by atoms with E-state index in [1.54, 1.807) is 13.2 Å². The zero-order valence-corrected chi connectivity index (χ0v) is 32.1. The summed E-state index contributed by atoms with van der Waals surface area (Å²) < 4.78 is 0. The van der Waals surface area contributed by atoms with Gasteiger partial charge in [-0.05, 0) is 79.0 Å². The maximum Gasteiger partial charge on any atom is 0.269 e. The van der Waals surface area contributed by atoms with E-state index in [0.717, 1.165) is 87.8 Å². The van der Waals surface area contributed by atoms with Crippen LogP contribution in [0.1, 0.15) is 109 Å². The number of rotatable bonds is 10. The SMILES string of the molecule is CCC(C)(C)C1CCC(N2CCN(c3ccc(C#N)cn3)CC2)C1.CCC(C)(CC)C1CC(N2CCN(c3ccc(C(=O)NC)nc3)CC2)C1. The third-order valence-corrected chi connectivity index (χ3v) is 13.6. The standard InChI is InChI=1S/C21H34N4O.C20H30N4/c1-5-21(3,6-2)16-13-18(14-16)25-11-9-24(10-12-25)17-7-8-19(23-15-17)20(26)22-4;1-4-20(2,3)17-6-7-18(13-17)23-9-11-24(12-10-23)19-8-5-16(14-21)15-22-19/h7-8,15-16,18H,5-6,9-14H2,1-4H3,(H,22,26);5,8,15,17-18H,4,6-7,9-13H2,1-3H3. The van der Waals surface area contributed by atoms with Crippen molar-refractivity contribution >= 4 is 17.4 Å². The molecular formula is C41H64N8O. The average Bonchev–Trinajstić information content (AvgIpc) is 3.66. The number of hydrogen-bond donors (Lipinski definition) is 1. The van der Waals surface area contributed by atoms with Crippen molar-refractivity contribution in [1.82, 2.24) is 25.1 Å². The van der Waals surface area contributed by atoms with Gasteiger partial charge < -0.3 is 15.1 Å². The minimum atomic E-state index is -0.132. The molecule has 6 rings (SSSR count). The first-order chi connectivity index (χ1) is 24.0. The molecule has 0 radical (unpaired) electrons. The first-order valence-electron chi connectivity index (χ1n) is 19.6. The number of anilines is 2. The van der Waals surface area contributed by atoms with Crippen LogP contribution in [0.25, 0.3) is 0 Å². The lowest BCUT2D eigenvalue weighted by Crippen LogP contribution is -2.56. The van der Waals surface area contributed by atoms with E-state index in [-0.39, 0.29) is 5.91 Å². The molecule has 4 aliphatic rings. The molecule has 2 aliphatic carbocycles. The van der Waals surface area contributed by atoms with Crippen molar-refractivity contribution in [3.05, 3.63) is 47.9 Å². The van der Waals surface area contributed by atoms with E-state index in [1.165, 1.54) is 51.4 Å². The van der Waals surface area contributed by atoms with E-state index in [4.69, 9.17) is 5.26 Å². The highest BCUT2D eigenvalue weighted by Gasteiger charge is 2.43. The van der Waals surface area contributed by atoms with E-state index in [2.05, 4.69) is 82.5 Å². The summed E-state index contributed by atoms with van der Waals surface area (Å²) in [5, 5.41) is 11.5. The minimum absolute atomic E-state index is 0.132. The smallest absolute Gasteiger partial charge is 0.269 e.